The molecule has 0 saturated carbocycles. The fourth-order valence-electron chi connectivity index (χ4n) is 3.79. The summed E-state index contributed by atoms with van der Waals surface area (Å²) >= 11 is 0. The van der Waals surface area contributed by atoms with E-state index in [1.165, 1.54) is 5.69 Å². The van der Waals surface area contributed by atoms with Gasteiger partial charge < -0.3 is 9.80 Å². The highest BCUT2D eigenvalue weighted by Gasteiger charge is 2.48. The maximum Gasteiger partial charge on any atom is 0.274 e. The van der Waals surface area contributed by atoms with E-state index >= 15 is 0 Å². The van der Waals surface area contributed by atoms with Crippen molar-refractivity contribution in [1.29, 1.82) is 0 Å². The van der Waals surface area contributed by atoms with E-state index in [-0.39, 0.29) is 11.3 Å². The van der Waals surface area contributed by atoms with Gasteiger partial charge in [-0.15, -0.1) is 0 Å². The molecular weight excluding hydrogens is 278 g/mol. The highest BCUT2D eigenvalue weighted by Crippen LogP contribution is 2.44. The molecule has 0 radical (unpaired) electrons. The summed E-state index contributed by atoms with van der Waals surface area (Å²) in [4.78, 5) is 21.4. The molecule has 0 aliphatic carbocycles. The molecule has 0 bridgehead atoms. The van der Waals surface area contributed by atoms with Gasteiger partial charge in [-0.3, -0.25) is 14.5 Å². The molecule has 1 amide bonds. The van der Waals surface area contributed by atoms with E-state index in [4.69, 9.17) is 0 Å². The van der Waals surface area contributed by atoms with Crippen LogP contribution in [0.25, 0.3) is 0 Å². The second-order valence-electron chi connectivity index (χ2n) is 6.36. The molecule has 1 fully saturated rings. The standard InChI is InChI=1S/C16H19N5O/c1-19-10-16(14-13(19)4-3-7-17-14)6-9-21(11-16)15(22)12-5-8-20(2)18-12/h3-5,7-8H,6,9-11H2,1-2H3/t16-/m0/s1. The number of rotatable bonds is 1. The van der Waals surface area contributed by atoms with Crippen molar-refractivity contribution in [3.05, 3.63) is 42.0 Å². The third kappa shape index (κ3) is 1.83. The van der Waals surface area contributed by atoms with E-state index in [0.717, 1.165) is 31.7 Å². The second kappa shape index (κ2) is 4.56. The van der Waals surface area contributed by atoms with Crippen LogP contribution in [0.1, 0.15) is 22.6 Å². The Kier molecular flexibility index (Phi) is 2.76. The first-order valence-electron chi connectivity index (χ1n) is 7.55. The molecule has 1 atom stereocenters. The van der Waals surface area contributed by atoms with Gasteiger partial charge in [0.05, 0.1) is 16.8 Å². The summed E-state index contributed by atoms with van der Waals surface area (Å²) < 4.78 is 1.67. The Labute approximate surface area is 129 Å². The molecule has 1 spiro atoms. The highest BCUT2D eigenvalue weighted by molar-refractivity contribution is 5.92. The van der Waals surface area contributed by atoms with Crippen molar-refractivity contribution < 1.29 is 4.79 Å². The van der Waals surface area contributed by atoms with E-state index < -0.39 is 0 Å². The molecular formula is C16H19N5O. The lowest BCUT2D eigenvalue weighted by atomic mass is 9.85. The number of pyridine rings is 1. The summed E-state index contributed by atoms with van der Waals surface area (Å²) in [7, 11) is 3.92. The van der Waals surface area contributed by atoms with Crippen molar-refractivity contribution in [3.63, 3.8) is 0 Å². The number of nitrogens with zero attached hydrogens (tertiary/aromatic N) is 5. The Bertz CT molecular complexity index is 740. The third-order valence-electron chi connectivity index (χ3n) is 4.81. The Morgan fingerprint density at radius 1 is 1.27 bits per heavy atom. The van der Waals surface area contributed by atoms with Crippen molar-refractivity contribution in [2.24, 2.45) is 7.05 Å². The number of carbonyl (C=O) groups is 1. The summed E-state index contributed by atoms with van der Waals surface area (Å²) in [5, 5.41) is 4.23. The number of aryl methyl sites for hydroxylation is 1. The van der Waals surface area contributed by atoms with Gasteiger partial charge in [0.2, 0.25) is 0 Å². The highest BCUT2D eigenvalue weighted by atomic mass is 16.2. The first kappa shape index (κ1) is 13.3. The van der Waals surface area contributed by atoms with Crippen LogP contribution >= 0.6 is 0 Å². The Balaban J connectivity index is 1.62. The summed E-state index contributed by atoms with van der Waals surface area (Å²) in [5.41, 5.74) is 2.81. The summed E-state index contributed by atoms with van der Waals surface area (Å²) in [6.45, 7) is 2.40. The lowest BCUT2D eigenvalue weighted by Crippen LogP contribution is -2.37. The van der Waals surface area contributed by atoms with E-state index in [9.17, 15) is 4.79 Å². The molecule has 2 aliphatic heterocycles. The average Bonchev–Trinajstić information content (AvgIpc) is 3.20. The van der Waals surface area contributed by atoms with E-state index in [0.29, 0.717) is 5.69 Å². The SMILES string of the molecule is CN1C[C@]2(CCN(C(=O)c3ccn(C)n3)C2)c2ncccc21. The van der Waals surface area contributed by atoms with Crippen LogP contribution in [0.5, 0.6) is 0 Å². The smallest absolute Gasteiger partial charge is 0.274 e. The molecule has 6 heteroatoms. The van der Waals surface area contributed by atoms with Gasteiger partial charge in [-0.25, -0.2) is 0 Å². The zero-order valence-electron chi connectivity index (χ0n) is 12.9. The predicted molar refractivity (Wildman–Crippen MR) is 82.9 cm³/mol. The topological polar surface area (TPSA) is 54.3 Å². The first-order valence-corrected chi connectivity index (χ1v) is 7.55. The van der Waals surface area contributed by atoms with Crippen molar-refractivity contribution in [1.82, 2.24) is 19.7 Å². The number of amides is 1. The summed E-state index contributed by atoms with van der Waals surface area (Å²) in [5.74, 6) is 0.0181. The van der Waals surface area contributed by atoms with Crippen molar-refractivity contribution in [2.45, 2.75) is 11.8 Å². The van der Waals surface area contributed by atoms with E-state index in [2.05, 4.69) is 28.1 Å². The molecule has 1 saturated heterocycles. The van der Waals surface area contributed by atoms with Crippen molar-refractivity contribution in [3.8, 4) is 0 Å². The number of likely N-dealkylation sites (N-methyl/N-ethyl adjacent to an activating group) is 1. The third-order valence-corrected chi connectivity index (χ3v) is 4.81. The molecule has 6 nitrogen and oxygen atoms in total. The minimum atomic E-state index is -0.0320. The zero-order valence-corrected chi connectivity index (χ0v) is 12.9. The molecule has 114 valence electrons. The molecule has 0 N–H and O–H groups in total. The summed E-state index contributed by atoms with van der Waals surface area (Å²) in [6, 6.07) is 5.86. The maximum atomic E-state index is 12.6. The van der Waals surface area contributed by atoms with Crippen LogP contribution in [0.2, 0.25) is 0 Å². The maximum absolute atomic E-state index is 12.6. The summed E-state index contributed by atoms with van der Waals surface area (Å²) in [6.07, 6.45) is 4.61. The van der Waals surface area contributed by atoms with Crippen molar-refractivity contribution in [2.75, 3.05) is 31.6 Å². The van der Waals surface area contributed by atoms with E-state index in [1.807, 2.05) is 24.2 Å². The normalized spacial score (nSPS) is 23.4. The van der Waals surface area contributed by atoms with Gasteiger partial charge in [0.1, 0.15) is 5.69 Å². The van der Waals surface area contributed by atoms with Gasteiger partial charge in [-0.05, 0) is 24.6 Å². The van der Waals surface area contributed by atoms with Gasteiger partial charge in [0.25, 0.3) is 5.91 Å². The first-order chi connectivity index (χ1) is 10.6. The van der Waals surface area contributed by atoms with Gasteiger partial charge in [0.15, 0.2) is 0 Å². The van der Waals surface area contributed by atoms with Gasteiger partial charge in [-0.1, -0.05) is 0 Å². The van der Waals surface area contributed by atoms with Crippen LogP contribution in [0, 0.1) is 0 Å². The molecule has 0 unspecified atom stereocenters. The minimum absolute atomic E-state index is 0.0181. The number of fused-ring (bicyclic) bond motifs is 2. The monoisotopic (exact) mass is 297 g/mol. The molecule has 22 heavy (non-hydrogen) atoms. The molecule has 0 aromatic carbocycles. The largest absolute Gasteiger partial charge is 0.372 e. The van der Waals surface area contributed by atoms with Crippen LogP contribution in [-0.4, -0.2) is 52.3 Å². The average molecular weight is 297 g/mol. The quantitative estimate of drug-likeness (QED) is 0.789. The minimum Gasteiger partial charge on any atom is -0.372 e. The lowest BCUT2D eigenvalue weighted by molar-refractivity contribution is 0.0777. The van der Waals surface area contributed by atoms with Crippen molar-refractivity contribution >= 4 is 11.6 Å². The van der Waals surface area contributed by atoms with Crippen LogP contribution in [0.3, 0.4) is 0 Å². The predicted octanol–water partition coefficient (Wildman–Crippen LogP) is 1.05. The number of carbonyl (C=O) groups excluding carboxylic acids is 1. The van der Waals surface area contributed by atoms with Crippen LogP contribution in [0.4, 0.5) is 5.69 Å². The number of likely N-dealkylation sites (tertiary alicyclic amines) is 1. The fraction of sp³-hybridized carbons (Fsp3) is 0.438. The molecule has 2 aliphatic rings. The Morgan fingerprint density at radius 2 is 2.14 bits per heavy atom. The Hall–Kier alpha value is -2.37. The van der Waals surface area contributed by atoms with Crippen LogP contribution in [-0.2, 0) is 12.5 Å². The number of hydrogen-bond donors (Lipinski definition) is 0. The van der Waals surface area contributed by atoms with Crippen LogP contribution in [0.15, 0.2) is 30.6 Å². The van der Waals surface area contributed by atoms with Gasteiger partial charge in [-0.2, -0.15) is 5.10 Å². The number of hydrogen-bond acceptors (Lipinski definition) is 4. The number of anilines is 1. The molecule has 2 aromatic rings. The van der Waals surface area contributed by atoms with Crippen LogP contribution < -0.4 is 4.90 Å². The Morgan fingerprint density at radius 3 is 2.91 bits per heavy atom. The van der Waals surface area contributed by atoms with E-state index in [1.54, 1.807) is 16.9 Å². The van der Waals surface area contributed by atoms with Gasteiger partial charge >= 0.3 is 0 Å². The molecule has 4 heterocycles. The van der Waals surface area contributed by atoms with Gasteiger partial charge in [0, 0.05) is 46.1 Å². The number of aromatic nitrogens is 3. The molecule has 4 rings (SSSR count). The molecule has 2 aromatic heterocycles. The fourth-order valence-corrected chi connectivity index (χ4v) is 3.79. The zero-order chi connectivity index (χ0) is 15.3. The second-order valence-corrected chi connectivity index (χ2v) is 6.36. The lowest BCUT2D eigenvalue weighted by Gasteiger charge is -2.24.